The van der Waals surface area contributed by atoms with Crippen molar-refractivity contribution in [3.63, 3.8) is 0 Å². The molecule has 1 unspecified atom stereocenters. The number of piperidine rings is 1. The summed E-state index contributed by atoms with van der Waals surface area (Å²) in [5, 5.41) is 1.08. The molecule has 1 saturated heterocycles. The minimum Gasteiger partial charge on any atom is -0.497 e. The lowest BCUT2D eigenvalue weighted by molar-refractivity contribution is -0.750. The highest BCUT2D eigenvalue weighted by molar-refractivity contribution is 7.89. The summed E-state index contributed by atoms with van der Waals surface area (Å²) in [6.07, 6.45) is 6.47. The zero-order valence-electron chi connectivity index (χ0n) is 21.2. The third-order valence-electron chi connectivity index (χ3n) is 7.42. The first-order chi connectivity index (χ1) is 18.3. The number of nitrogens with zero attached hydrogens (tertiary/aromatic N) is 4. The van der Waals surface area contributed by atoms with Crippen molar-refractivity contribution in [2.75, 3.05) is 27.3 Å². The van der Waals surface area contributed by atoms with E-state index in [0.29, 0.717) is 37.5 Å². The Morgan fingerprint density at radius 1 is 1.08 bits per heavy atom. The molecule has 3 aromatic rings. The van der Waals surface area contributed by atoms with Crippen LogP contribution in [0.25, 0.3) is 10.9 Å². The summed E-state index contributed by atoms with van der Waals surface area (Å²) < 4.78 is 39.1. The number of sulfonamides is 1. The Labute approximate surface area is 221 Å². The van der Waals surface area contributed by atoms with Crippen LogP contribution in [0.5, 0.6) is 11.5 Å². The van der Waals surface area contributed by atoms with Gasteiger partial charge in [0.1, 0.15) is 34.0 Å². The first-order valence-electron chi connectivity index (χ1n) is 12.4. The molecule has 0 bridgehead atoms. The van der Waals surface area contributed by atoms with Crippen LogP contribution < -0.4 is 15.3 Å². The number of para-hydroxylation sites is 1. The second-order valence-electron chi connectivity index (χ2n) is 9.52. The average Bonchev–Trinajstić information content (AvgIpc) is 3.51. The molecule has 1 fully saturated rings. The van der Waals surface area contributed by atoms with Crippen molar-refractivity contribution in [1.29, 1.82) is 0 Å². The number of quaternary nitrogens is 1. The maximum Gasteiger partial charge on any atom is 0.281 e. The zero-order chi connectivity index (χ0) is 26.5. The molecule has 6 rings (SSSR count). The largest absolute Gasteiger partial charge is 0.497 e. The normalized spacial score (nSPS) is 22.1. The Balaban J connectivity index is 1.29. The average molecular weight is 534 g/mol. The Morgan fingerprint density at radius 2 is 1.87 bits per heavy atom. The summed E-state index contributed by atoms with van der Waals surface area (Å²) >= 11 is 0. The molecule has 3 aliphatic rings. The van der Waals surface area contributed by atoms with Crippen molar-refractivity contribution in [3.05, 3.63) is 78.0 Å². The number of allylic oxidation sites excluding steroid dienone is 2. The number of nitrogens with one attached hydrogen (secondary N) is 1. The number of aliphatic imine (C=N–C) groups is 2. The highest BCUT2D eigenvalue weighted by Gasteiger charge is 2.47. The standard InChI is InChI=1S/C27H29N6O4S/c1-36-20-7-8-24(37-2)25(16-20)38(34,35)32-12-9-18(10-13-32)26-23-17-29-11-14-33(23,28)27(31-26)22-15-19-5-3-4-6-21(19)30-22/h3-8,11,14-18,30H,9-10,12-13,28H2,1-2H3/q+1. The fraction of sp³-hybridized carbons (Fsp3) is 0.259. The van der Waals surface area contributed by atoms with E-state index in [-0.39, 0.29) is 21.2 Å². The summed E-state index contributed by atoms with van der Waals surface area (Å²) in [6, 6.07) is 14.9. The molecule has 196 valence electrons. The van der Waals surface area contributed by atoms with Gasteiger partial charge in [0.15, 0.2) is 0 Å². The molecule has 11 heteroatoms. The number of rotatable bonds is 6. The van der Waals surface area contributed by atoms with Crippen molar-refractivity contribution in [1.82, 2.24) is 9.29 Å². The number of H-pyrrole nitrogens is 1. The number of fused-ring (bicyclic) bond motifs is 2. The maximum absolute atomic E-state index is 13.6. The van der Waals surface area contributed by atoms with Crippen molar-refractivity contribution >= 4 is 33.0 Å². The predicted molar refractivity (Wildman–Crippen MR) is 145 cm³/mol. The summed E-state index contributed by atoms with van der Waals surface area (Å²) in [5.74, 6) is 8.37. The molecule has 10 nitrogen and oxygen atoms in total. The molecule has 0 spiro atoms. The molecular weight excluding hydrogens is 504 g/mol. The van der Waals surface area contributed by atoms with Gasteiger partial charge in [-0.25, -0.2) is 8.42 Å². The van der Waals surface area contributed by atoms with E-state index in [0.717, 1.165) is 28.0 Å². The molecular formula is C27H29N6O4S+. The van der Waals surface area contributed by atoms with Gasteiger partial charge in [-0.3, -0.25) is 4.99 Å². The highest BCUT2D eigenvalue weighted by atomic mass is 32.2. The van der Waals surface area contributed by atoms with Gasteiger partial charge in [0.2, 0.25) is 15.7 Å². The van der Waals surface area contributed by atoms with Crippen LogP contribution in [0, 0.1) is 5.92 Å². The van der Waals surface area contributed by atoms with Crippen LogP contribution in [0.15, 0.2) is 87.2 Å². The van der Waals surface area contributed by atoms with E-state index < -0.39 is 10.0 Å². The quantitative estimate of drug-likeness (QED) is 0.371. The summed E-state index contributed by atoms with van der Waals surface area (Å²) in [5.41, 5.74) is 3.50. The Kier molecular flexibility index (Phi) is 5.95. The number of aromatic amines is 1. The minimum absolute atomic E-state index is 0.0320. The molecule has 0 amide bonds. The topological polar surface area (TPSA) is 122 Å². The molecule has 0 saturated carbocycles. The van der Waals surface area contributed by atoms with E-state index in [2.05, 4.69) is 16.0 Å². The first kappa shape index (κ1) is 24.6. The van der Waals surface area contributed by atoms with Crippen molar-refractivity contribution in [2.45, 2.75) is 17.7 Å². The van der Waals surface area contributed by atoms with Crippen LogP contribution in [-0.2, 0) is 10.0 Å². The van der Waals surface area contributed by atoms with E-state index in [1.807, 2.05) is 30.5 Å². The summed E-state index contributed by atoms with van der Waals surface area (Å²) in [6.45, 7) is 0.692. The van der Waals surface area contributed by atoms with Gasteiger partial charge < -0.3 is 14.5 Å². The first-order valence-corrected chi connectivity index (χ1v) is 13.8. The minimum atomic E-state index is -3.78. The number of amidine groups is 1. The van der Waals surface area contributed by atoms with Gasteiger partial charge in [0.25, 0.3) is 5.84 Å². The van der Waals surface area contributed by atoms with Crippen molar-refractivity contribution in [3.8, 4) is 11.5 Å². The Hall–Kier alpha value is -3.77. The Bertz CT molecular complexity index is 1610. The van der Waals surface area contributed by atoms with E-state index >= 15 is 0 Å². The van der Waals surface area contributed by atoms with Crippen LogP contribution in [0.3, 0.4) is 0 Å². The molecule has 1 aromatic heterocycles. The smallest absolute Gasteiger partial charge is 0.281 e. The number of nitrogens with two attached hydrogens (primary N) is 1. The molecule has 3 N–H and O–H groups in total. The summed E-state index contributed by atoms with van der Waals surface area (Å²) in [7, 11) is -0.819. The third-order valence-corrected chi connectivity index (χ3v) is 9.34. The van der Waals surface area contributed by atoms with Crippen LogP contribution in [0.4, 0.5) is 0 Å². The van der Waals surface area contributed by atoms with Crippen molar-refractivity contribution in [2.24, 2.45) is 21.7 Å². The van der Waals surface area contributed by atoms with Crippen LogP contribution >= 0.6 is 0 Å². The lowest BCUT2D eigenvalue weighted by atomic mass is 9.93. The van der Waals surface area contributed by atoms with Gasteiger partial charge in [0, 0.05) is 36.0 Å². The maximum atomic E-state index is 13.6. The van der Waals surface area contributed by atoms with Gasteiger partial charge in [-0.1, -0.05) is 18.2 Å². The summed E-state index contributed by atoms with van der Waals surface area (Å²) in [4.78, 5) is 12.9. The molecule has 4 heterocycles. The highest BCUT2D eigenvalue weighted by Crippen LogP contribution is 2.40. The molecule has 0 radical (unpaired) electrons. The van der Waals surface area contributed by atoms with Gasteiger partial charge in [-0.15, -0.1) is 4.59 Å². The molecule has 38 heavy (non-hydrogen) atoms. The Morgan fingerprint density at radius 3 is 2.61 bits per heavy atom. The lowest BCUT2D eigenvalue weighted by Gasteiger charge is -2.31. The monoisotopic (exact) mass is 533 g/mol. The van der Waals surface area contributed by atoms with Crippen LogP contribution in [-0.4, -0.2) is 61.7 Å². The van der Waals surface area contributed by atoms with Gasteiger partial charge in [-0.2, -0.15) is 15.1 Å². The van der Waals surface area contributed by atoms with E-state index in [1.165, 1.54) is 24.6 Å². The SMILES string of the molecule is COc1ccc(OC)c(S(=O)(=O)N2CCC(C3=C4C=NC=C[N+]4(N)C(c4cc5ccccc5[nH]4)=N3)CC2)c1. The lowest BCUT2D eigenvalue weighted by Crippen LogP contribution is -2.53. The van der Waals surface area contributed by atoms with Gasteiger partial charge >= 0.3 is 0 Å². The molecule has 3 aliphatic heterocycles. The number of aromatic nitrogens is 1. The fourth-order valence-corrected chi connectivity index (χ4v) is 7.02. The second-order valence-corrected chi connectivity index (χ2v) is 11.4. The fourth-order valence-electron chi connectivity index (χ4n) is 5.38. The predicted octanol–water partition coefficient (Wildman–Crippen LogP) is 3.50. The van der Waals surface area contributed by atoms with Gasteiger partial charge in [-0.05, 0) is 37.1 Å². The van der Waals surface area contributed by atoms with E-state index in [1.54, 1.807) is 24.5 Å². The number of benzene rings is 2. The number of hydrogen-bond acceptors (Lipinski definition) is 7. The number of methoxy groups -OCH3 is 2. The number of hydrogen-bond donors (Lipinski definition) is 2. The molecule has 2 aromatic carbocycles. The van der Waals surface area contributed by atoms with Crippen LogP contribution in [0.1, 0.15) is 18.5 Å². The van der Waals surface area contributed by atoms with Gasteiger partial charge in [0.05, 0.1) is 26.6 Å². The van der Waals surface area contributed by atoms with Crippen LogP contribution in [0.2, 0.25) is 0 Å². The zero-order valence-corrected chi connectivity index (χ0v) is 22.0. The van der Waals surface area contributed by atoms with E-state index in [9.17, 15) is 8.42 Å². The number of ether oxygens (including phenoxy) is 2. The second kappa shape index (κ2) is 9.21. The van der Waals surface area contributed by atoms with E-state index in [4.69, 9.17) is 20.3 Å². The van der Waals surface area contributed by atoms with Crippen molar-refractivity contribution < 1.29 is 22.5 Å². The molecule has 0 aliphatic carbocycles. The molecule has 1 atom stereocenters. The third kappa shape index (κ3) is 3.86.